The molecule has 0 spiro atoms. The first-order valence-corrected chi connectivity index (χ1v) is 11.3. The van der Waals surface area contributed by atoms with E-state index in [2.05, 4.69) is 44.2 Å². The smallest absolute Gasteiger partial charge is 0.165 e. The van der Waals surface area contributed by atoms with E-state index in [0.29, 0.717) is 17.1 Å². The van der Waals surface area contributed by atoms with Gasteiger partial charge in [0.2, 0.25) is 0 Å². The fourth-order valence-corrected chi connectivity index (χ4v) is 7.85. The molecule has 4 aliphatic carbocycles. The molecule has 144 valence electrons. The lowest BCUT2D eigenvalue weighted by molar-refractivity contribution is -0.137. The first kappa shape index (κ1) is 17.7. The van der Waals surface area contributed by atoms with Crippen LogP contribution in [0.2, 0.25) is 0 Å². The summed E-state index contributed by atoms with van der Waals surface area (Å²) in [6.45, 7) is 4.92. The molecule has 0 unspecified atom stereocenters. The highest BCUT2D eigenvalue weighted by Gasteiger charge is 2.60. The molecule has 0 bridgehead atoms. The minimum Gasteiger partial charge on any atom is -0.294 e. The predicted octanol–water partition coefficient (Wildman–Crippen LogP) is 6.68. The third kappa shape index (κ3) is 2.60. The maximum absolute atomic E-state index is 13.4. The zero-order valence-corrected chi connectivity index (χ0v) is 17.0. The van der Waals surface area contributed by atoms with Crippen LogP contribution in [0, 0.1) is 34.5 Å². The molecule has 1 aromatic carbocycles. The normalized spacial score (nSPS) is 45.3. The molecule has 0 aliphatic heterocycles. The molecular weight excluding hydrogens is 328 g/mol. The lowest BCUT2D eigenvalue weighted by Crippen LogP contribution is -2.52. The van der Waals surface area contributed by atoms with Crippen molar-refractivity contribution in [1.82, 2.24) is 0 Å². The third-order valence-electron chi connectivity index (χ3n) is 9.36. The van der Waals surface area contributed by atoms with Gasteiger partial charge in [-0.2, -0.15) is 0 Å². The van der Waals surface area contributed by atoms with Crippen molar-refractivity contribution in [3.05, 3.63) is 41.5 Å². The largest absolute Gasteiger partial charge is 0.294 e. The van der Waals surface area contributed by atoms with Crippen LogP contribution in [0.3, 0.4) is 0 Å². The van der Waals surface area contributed by atoms with Gasteiger partial charge in [0.05, 0.1) is 0 Å². The Labute approximate surface area is 164 Å². The summed E-state index contributed by atoms with van der Waals surface area (Å²) in [5.74, 6) is 3.63. The van der Waals surface area contributed by atoms with E-state index in [4.69, 9.17) is 0 Å². The second kappa shape index (κ2) is 6.33. The maximum Gasteiger partial charge on any atom is 0.165 e. The molecule has 0 N–H and O–H groups in total. The summed E-state index contributed by atoms with van der Waals surface area (Å²) in [5.41, 5.74) is 2.74. The van der Waals surface area contributed by atoms with Crippen molar-refractivity contribution < 1.29 is 4.79 Å². The van der Waals surface area contributed by atoms with Gasteiger partial charge in [-0.05, 0) is 91.2 Å². The molecule has 4 saturated carbocycles. The topological polar surface area (TPSA) is 17.1 Å². The van der Waals surface area contributed by atoms with E-state index in [9.17, 15) is 4.79 Å². The van der Waals surface area contributed by atoms with Crippen LogP contribution < -0.4 is 0 Å². The van der Waals surface area contributed by atoms with E-state index in [1.54, 1.807) is 0 Å². The van der Waals surface area contributed by atoms with Gasteiger partial charge < -0.3 is 0 Å². The minimum absolute atomic E-state index is 0.0976. The molecule has 0 heterocycles. The number of Topliss-reactive ketones (excluding diaryl/α,β-unsaturated/α-hetero) is 1. The van der Waals surface area contributed by atoms with Gasteiger partial charge in [0.25, 0.3) is 0 Å². The van der Waals surface area contributed by atoms with Crippen LogP contribution in [0.25, 0.3) is 6.08 Å². The Kier molecular flexibility index (Phi) is 4.15. The molecule has 6 atom stereocenters. The molecule has 1 nitrogen and oxygen atoms in total. The summed E-state index contributed by atoms with van der Waals surface area (Å²) in [5, 5.41) is 0. The molecule has 0 radical (unpaired) electrons. The second-order valence-electron chi connectivity index (χ2n) is 10.5. The van der Waals surface area contributed by atoms with Gasteiger partial charge in [-0.1, -0.05) is 57.0 Å². The molecule has 4 fully saturated rings. The van der Waals surface area contributed by atoms with E-state index in [1.807, 2.05) is 6.07 Å². The average molecular weight is 363 g/mol. The molecule has 27 heavy (non-hydrogen) atoms. The van der Waals surface area contributed by atoms with Crippen LogP contribution in [-0.4, -0.2) is 5.78 Å². The van der Waals surface area contributed by atoms with Crippen LogP contribution in [0.15, 0.2) is 35.9 Å². The second-order valence-corrected chi connectivity index (χ2v) is 10.5. The average Bonchev–Trinajstić information content (AvgIpc) is 2.93. The number of rotatable bonds is 1. The Bertz CT molecular complexity index is 762. The van der Waals surface area contributed by atoms with Crippen molar-refractivity contribution >= 4 is 11.9 Å². The van der Waals surface area contributed by atoms with Gasteiger partial charge in [0.1, 0.15) is 0 Å². The van der Waals surface area contributed by atoms with E-state index in [0.717, 1.165) is 36.2 Å². The number of allylic oxidation sites excluding steroid dienone is 1. The van der Waals surface area contributed by atoms with Crippen molar-refractivity contribution in [1.29, 1.82) is 0 Å². The first-order chi connectivity index (χ1) is 13.0. The summed E-state index contributed by atoms with van der Waals surface area (Å²) < 4.78 is 0. The van der Waals surface area contributed by atoms with Crippen molar-refractivity contribution in [2.75, 3.05) is 0 Å². The van der Waals surface area contributed by atoms with Crippen LogP contribution in [0.4, 0.5) is 0 Å². The van der Waals surface area contributed by atoms with Gasteiger partial charge in [-0.15, -0.1) is 0 Å². The Hall–Kier alpha value is -1.37. The van der Waals surface area contributed by atoms with Gasteiger partial charge in [0.15, 0.2) is 5.78 Å². The number of ketones is 1. The summed E-state index contributed by atoms with van der Waals surface area (Å²) in [4.78, 5) is 13.4. The maximum atomic E-state index is 13.4. The Morgan fingerprint density at radius 2 is 1.74 bits per heavy atom. The highest BCUT2D eigenvalue weighted by molar-refractivity contribution is 6.05. The van der Waals surface area contributed by atoms with Crippen molar-refractivity contribution in [3.8, 4) is 0 Å². The number of benzene rings is 1. The fourth-order valence-electron chi connectivity index (χ4n) is 7.85. The van der Waals surface area contributed by atoms with E-state index >= 15 is 0 Å². The van der Waals surface area contributed by atoms with Crippen LogP contribution in [-0.2, 0) is 4.79 Å². The van der Waals surface area contributed by atoms with E-state index in [1.165, 1.54) is 50.5 Å². The summed E-state index contributed by atoms with van der Waals surface area (Å²) in [6, 6.07) is 10.4. The Morgan fingerprint density at radius 1 is 0.926 bits per heavy atom. The van der Waals surface area contributed by atoms with Crippen LogP contribution in [0.5, 0.6) is 0 Å². The molecule has 1 heteroatoms. The SMILES string of the molecule is C[C@]12CCCC[C@H]1CC[C@@H]1[C@H]2CC[C@]2(C)C(=O)/C(=C\c3ccccc3)C[C@@H]12. The fraction of sp³-hybridized carbons (Fsp3) is 0.654. The Balaban J connectivity index is 1.47. The van der Waals surface area contributed by atoms with Crippen molar-refractivity contribution in [2.45, 2.75) is 71.6 Å². The number of hydrogen-bond acceptors (Lipinski definition) is 1. The molecule has 4 aliphatic rings. The predicted molar refractivity (Wildman–Crippen MR) is 111 cm³/mol. The zero-order chi connectivity index (χ0) is 18.6. The lowest BCUT2D eigenvalue weighted by Gasteiger charge is -2.59. The molecule has 1 aromatic rings. The van der Waals surface area contributed by atoms with Gasteiger partial charge in [-0.3, -0.25) is 4.79 Å². The number of carbonyl (C=O) groups excluding carboxylic acids is 1. The number of hydrogen-bond donors (Lipinski definition) is 0. The quantitative estimate of drug-likeness (QED) is 0.509. The van der Waals surface area contributed by atoms with E-state index in [-0.39, 0.29) is 5.41 Å². The first-order valence-electron chi connectivity index (χ1n) is 11.3. The van der Waals surface area contributed by atoms with Crippen molar-refractivity contribution in [3.63, 3.8) is 0 Å². The highest BCUT2D eigenvalue weighted by Crippen LogP contribution is 2.66. The Morgan fingerprint density at radius 3 is 2.56 bits per heavy atom. The monoisotopic (exact) mass is 362 g/mol. The van der Waals surface area contributed by atoms with Crippen molar-refractivity contribution in [2.24, 2.45) is 34.5 Å². The molecule has 0 aromatic heterocycles. The molecular formula is C26H34O. The standard InChI is InChI=1S/C26H34O/c1-25-14-7-6-10-20(25)11-12-21-22(25)13-15-26(2)23(21)17-19(24(26)27)16-18-8-4-3-5-9-18/h3-5,8-9,16,20-23H,6-7,10-15,17H2,1-2H3/b19-16-/t20-,21+,22+,23-,25-,26-/m0/s1. The molecule has 0 saturated heterocycles. The van der Waals surface area contributed by atoms with Gasteiger partial charge in [-0.25, -0.2) is 0 Å². The number of carbonyl (C=O) groups is 1. The van der Waals surface area contributed by atoms with Gasteiger partial charge in [0, 0.05) is 5.41 Å². The van der Waals surface area contributed by atoms with Crippen LogP contribution in [0.1, 0.15) is 77.2 Å². The zero-order valence-electron chi connectivity index (χ0n) is 17.0. The molecule has 5 rings (SSSR count). The highest BCUT2D eigenvalue weighted by atomic mass is 16.1. The number of fused-ring (bicyclic) bond motifs is 5. The lowest BCUT2D eigenvalue weighted by atomic mass is 9.45. The van der Waals surface area contributed by atoms with Gasteiger partial charge >= 0.3 is 0 Å². The molecule has 0 amide bonds. The third-order valence-corrected chi connectivity index (χ3v) is 9.36. The summed E-state index contributed by atoms with van der Waals surface area (Å²) in [6.07, 6.45) is 14.2. The summed E-state index contributed by atoms with van der Waals surface area (Å²) in [7, 11) is 0. The van der Waals surface area contributed by atoms with E-state index < -0.39 is 0 Å². The minimum atomic E-state index is -0.0976. The summed E-state index contributed by atoms with van der Waals surface area (Å²) >= 11 is 0. The van der Waals surface area contributed by atoms with Crippen LogP contribution >= 0.6 is 0 Å².